The molecule has 26 heavy (non-hydrogen) atoms. The van der Waals surface area contributed by atoms with Gasteiger partial charge >= 0.3 is 12.1 Å². The molecule has 1 fully saturated rings. The van der Waals surface area contributed by atoms with E-state index in [4.69, 9.17) is 9.84 Å². The van der Waals surface area contributed by atoms with Crippen molar-refractivity contribution < 1.29 is 24.2 Å². The molecule has 0 aliphatic carbocycles. The largest absolute Gasteiger partial charge is 0.480 e. The first-order valence-corrected chi connectivity index (χ1v) is 9.62. The lowest BCUT2D eigenvalue weighted by atomic mass is 10.2. The number of amides is 2. The smallest absolute Gasteiger partial charge is 0.409 e. The summed E-state index contributed by atoms with van der Waals surface area (Å²) >= 11 is 1.48. The van der Waals surface area contributed by atoms with Crippen LogP contribution < -0.4 is 5.32 Å². The van der Waals surface area contributed by atoms with Crippen molar-refractivity contribution in [1.82, 2.24) is 15.1 Å². The van der Waals surface area contributed by atoms with Gasteiger partial charge in [-0.25, -0.2) is 9.59 Å². The number of carbonyl (C=O) groups is 3. The molecule has 0 aromatic heterocycles. The van der Waals surface area contributed by atoms with Crippen LogP contribution >= 0.6 is 11.8 Å². The first kappa shape index (κ1) is 21.6. The highest BCUT2D eigenvalue weighted by atomic mass is 32.2. The standard InChI is InChI=1S/C16H24N4O5S/c1-3-25-16(24)20-7-5-19(6-8-20)11-12(10-17)14(21)18-13(15(22)23)4-9-26-2/h11,13H,3-9H2,1-2H3,(H,18,21)(H,22,23)/b12-11-. The van der Waals surface area contributed by atoms with Crippen LogP contribution in [0.4, 0.5) is 4.79 Å². The molecule has 9 nitrogen and oxygen atoms in total. The van der Waals surface area contributed by atoms with E-state index in [1.807, 2.05) is 12.3 Å². The zero-order chi connectivity index (χ0) is 19.5. The van der Waals surface area contributed by atoms with Crippen molar-refractivity contribution in [2.24, 2.45) is 0 Å². The molecule has 1 aliphatic rings. The average molecular weight is 384 g/mol. The Morgan fingerprint density at radius 1 is 1.35 bits per heavy atom. The number of carboxylic acids is 1. The third-order valence-electron chi connectivity index (χ3n) is 3.73. The molecule has 1 saturated heterocycles. The summed E-state index contributed by atoms with van der Waals surface area (Å²) in [5.41, 5.74) is -0.162. The molecule has 0 aromatic carbocycles. The highest BCUT2D eigenvalue weighted by Crippen LogP contribution is 2.08. The summed E-state index contributed by atoms with van der Waals surface area (Å²) < 4.78 is 4.93. The third-order valence-corrected chi connectivity index (χ3v) is 4.38. The number of ether oxygens (including phenoxy) is 1. The predicted molar refractivity (Wildman–Crippen MR) is 96.4 cm³/mol. The Bertz CT molecular complexity index is 582. The number of rotatable bonds is 8. The number of hydrogen-bond acceptors (Lipinski definition) is 7. The van der Waals surface area contributed by atoms with E-state index in [9.17, 15) is 19.6 Å². The van der Waals surface area contributed by atoms with E-state index in [1.54, 1.807) is 16.7 Å². The monoisotopic (exact) mass is 384 g/mol. The van der Waals surface area contributed by atoms with Crippen LogP contribution in [-0.2, 0) is 14.3 Å². The number of thioether (sulfide) groups is 1. The van der Waals surface area contributed by atoms with Crippen LogP contribution in [0.3, 0.4) is 0 Å². The Labute approximate surface area is 156 Å². The van der Waals surface area contributed by atoms with Gasteiger partial charge in [-0.2, -0.15) is 17.0 Å². The normalized spacial score (nSPS) is 15.8. The molecule has 144 valence electrons. The molecule has 10 heteroatoms. The van der Waals surface area contributed by atoms with Gasteiger partial charge in [0.1, 0.15) is 17.7 Å². The average Bonchev–Trinajstić information content (AvgIpc) is 2.63. The Morgan fingerprint density at radius 2 is 2.00 bits per heavy atom. The first-order valence-electron chi connectivity index (χ1n) is 8.23. The summed E-state index contributed by atoms with van der Waals surface area (Å²) in [6.07, 6.45) is 3.15. The van der Waals surface area contributed by atoms with Crippen molar-refractivity contribution in [2.75, 3.05) is 44.8 Å². The van der Waals surface area contributed by atoms with E-state index in [1.165, 1.54) is 18.0 Å². The van der Waals surface area contributed by atoms with Gasteiger partial charge in [-0.3, -0.25) is 4.79 Å². The van der Waals surface area contributed by atoms with Gasteiger partial charge in [-0.05, 0) is 25.4 Å². The van der Waals surface area contributed by atoms with Gasteiger partial charge in [0.05, 0.1) is 6.61 Å². The summed E-state index contributed by atoms with van der Waals surface area (Å²) in [4.78, 5) is 38.4. The van der Waals surface area contributed by atoms with Gasteiger partial charge in [-0.1, -0.05) is 0 Å². The topological polar surface area (TPSA) is 123 Å². The summed E-state index contributed by atoms with van der Waals surface area (Å²) in [5, 5.41) is 20.8. The van der Waals surface area contributed by atoms with E-state index in [2.05, 4.69) is 5.32 Å². The molecular weight excluding hydrogens is 360 g/mol. The van der Waals surface area contributed by atoms with Gasteiger partial charge in [0.2, 0.25) is 0 Å². The minimum atomic E-state index is -1.13. The molecule has 1 heterocycles. The minimum Gasteiger partial charge on any atom is -0.480 e. The zero-order valence-electron chi connectivity index (χ0n) is 14.9. The Kier molecular flexibility index (Phi) is 9.36. The van der Waals surface area contributed by atoms with Crippen molar-refractivity contribution in [1.29, 1.82) is 5.26 Å². The number of nitriles is 1. The van der Waals surface area contributed by atoms with Crippen LogP contribution in [0.25, 0.3) is 0 Å². The van der Waals surface area contributed by atoms with E-state index in [0.29, 0.717) is 38.5 Å². The van der Waals surface area contributed by atoms with Crippen LogP contribution in [0.2, 0.25) is 0 Å². The molecule has 0 spiro atoms. The molecule has 1 unspecified atom stereocenters. The SMILES string of the molecule is CCOC(=O)N1CCN(/C=C(/C#N)C(=O)NC(CCSC)C(=O)O)CC1. The van der Waals surface area contributed by atoms with Crippen LogP contribution in [0, 0.1) is 11.3 Å². The highest BCUT2D eigenvalue weighted by Gasteiger charge is 2.24. The number of nitrogens with zero attached hydrogens (tertiary/aromatic N) is 3. The van der Waals surface area contributed by atoms with Crippen molar-refractivity contribution in [3.05, 3.63) is 11.8 Å². The number of aliphatic carboxylic acids is 1. The number of carbonyl (C=O) groups excluding carboxylic acids is 2. The minimum absolute atomic E-state index is 0.162. The maximum absolute atomic E-state index is 12.2. The molecule has 1 rings (SSSR count). The van der Waals surface area contributed by atoms with Gasteiger partial charge in [0.25, 0.3) is 5.91 Å². The van der Waals surface area contributed by atoms with Crippen LogP contribution in [-0.4, -0.2) is 83.7 Å². The van der Waals surface area contributed by atoms with Crippen molar-refractivity contribution in [2.45, 2.75) is 19.4 Å². The molecular formula is C16H24N4O5S. The lowest BCUT2D eigenvalue weighted by molar-refractivity contribution is -0.141. The van der Waals surface area contributed by atoms with E-state index < -0.39 is 17.9 Å². The Balaban J connectivity index is 2.64. The number of carboxylic acid groups (broad SMARTS) is 1. The maximum atomic E-state index is 12.2. The Morgan fingerprint density at radius 3 is 2.50 bits per heavy atom. The molecule has 0 bridgehead atoms. The van der Waals surface area contributed by atoms with E-state index in [-0.39, 0.29) is 18.1 Å². The first-order chi connectivity index (χ1) is 12.4. The fraction of sp³-hybridized carbons (Fsp3) is 0.625. The maximum Gasteiger partial charge on any atom is 0.409 e. The number of piperazine rings is 1. The molecule has 1 aliphatic heterocycles. The fourth-order valence-electron chi connectivity index (χ4n) is 2.30. The Hall–Kier alpha value is -2.41. The fourth-order valence-corrected chi connectivity index (χ4v) is 2.77. The van der Waals surface area contributed by atoms with Crippen LogP contribution in [0.15, 0.2) is 11.8 Å². The van der Waals surface area contributed by atoms with E-state index in [0.717, 1.165) is 0 Å². The summed E-state index contributed by atoms with van der Waals surface area (Å²) in [7, 11) is 0. The molecule has 0 radical (unpaired) electrons. The van der Waals surface area contributed by atoms with Crippen LogP contribution in [0.5, 0.6) is 0 Å². The zero-order valence-corrected chi connectivity index (χ0v) is 15.8. The van der Waals surface area contributed by atoms with Crippen molar-refractivity contribution in [3.63, 3.8) is 0 Å². The summed E-state index contributed by atoms with van der Waals surface area (Å²) in [5.74, 6) is -1.26. The third kappa shape index (κ3) is 6.84. The second kappa shape index (κ2) is 11.3. The van der Waals surface area contributed by atoms with E-state index >= 15 is 0 Å². The summed E-state index contributed by atoms with van der Waals surface area (Å²) in [6.45, 7) is 3.78. The second-order valence-electron chi connectivity index (χ2n) is 5.52. The quantitative estimate of drug-likeness (QED) is 0.458. The van der Waals surface area contributed by atoms with Crippen molar-refractivity contribution >= 4 is 29.7 Å². The predicted octanol–water partition coefficient (Wildman–Crippen LogP) is 0.490. The summed E-state index contributed by atoms with van der Waals surface area (Å²) in [6, 6.07) is 0.773. The molecule has 0 saturated carbocycles. The lowest BCUT2D eigenvalue weighted by Gasteiger charge is -2.33. The second-order valence-corrected chi connectivity index (χ2v) is 6.51. The van der Waals surface area contributed by atoms with Gasteiger partial charge < -0.3 is 25.0 Å². The van der Waals surface area contributed by atoms with Crippen molar-refractivity contribution in [3.8, 4) is 6.07 Å². The van der Waals surface area contributed by atoms with Gasteiger partial charge in [-0.15, -0.1) is 0 Å². The molecule has 0 aromatic rings. The molecule has 2 N–H and O–H groups in total. The number of hydrogen-bond donors (Lipinski definition) is 2. The molecule has 1 atom stereocenters. The van der Waals surface area contributed by atoms with Gasteiger partial charge in [0, 0.05) is 32.4 Å². The number of nitrogens with one attached hydrogen (secondary N) is 1. The van der Waals surface area contributed by atoms with Gasteiger partial charge in [0.15, 0.2) is 0 Å². The molecule has 2 amide bonds. The van der Waals surface area contributed by atoms with Crippen LogP contribution in [0.1, 0.15) is 13.3 Å². The lowest BCUT2D eigenvalue weighted by Crippen LogP contribution is -2.47. The highest BCUT2D eigenvalue weighted by molar-refractivity contribution is 7.98.